The molecule has 0 aliphatic rings. The van der Waals surface area contributed by atoms with Crippen LogP contribution in [0.15, 0.2) is 66.1 Å². The van der Waals surface area contributed by atoms with Crippen LogP contribution in [0, 0.1) is 0 Å². The van der Waals surface area contributed by atoms with Crippen molar-refractivity contribution in [3.8, 4) is 0 Å². The summed E-state index contributed by atoms with van der Waals surface area (Å²) in [5.41, 5.74) is 1.79. The largest absolute Gasteiger partial charge is 0.234 e. The summed E-state index contributed by atoms with van der Waals surface area (Å²) in [5, 5.41) is 1.20. The van der Waals surface area contributed by atoms with Crippen molar-refractivity contribution in [1.82, 2.24) is 4.72 Å². The van der Waals surface area contributed by atoms with Gasteiger partial charge >= 0.3 is 0 Å². The van der Waals surface area contributed by atoms with E-state index in [1.54, 1.807) is 6.08 Å². The van der Waals surface area contributed by atoms with Gasteiger partial charge < -0.3 is 0 Å². The minimum atomic E-state index is -3.46. The third-order valence-corrected chi connectivity index (χ3v) is 4.06. The Morgan fingerprint density at radius 1 is 0.950 bits per heavy atom. The van der Waals surface area contributed by atoms with Crippen LogP contribution in [-0.2, 0) is 10.0 Å². The van der Waals surface area contributed by atoms with E-state index in [1.165, 1.54) is 5.41 Å². The third-order valence-electron chi connectivity index (χ3n) is 2.88. The molecule has 0 heterocycles. The average Bonchev–Trinajstić information content (AvgIpc) is 2.47. The van der Waals surface area contributed by atoms with Gasteiger partial charge in [0.05, 0.1) is 0 Å². The predicted octanol–water partition coefficient (Wildman–Crippen LogP) is 3.34. The van der Waals surface area contributed by atoms with Crippen molar-refractivity contribution in [1.29, 1.82) is 0 Å². The second-order valence-corrected chi connectivity index (χ2v) is 6.11. The van der Waals surface area contributed by atoms with E-state index in [0.717, 1.165) is 11.1 Å². The van der Waals surface area contributed by atoms with Crippen molar-refractivity contribution in [3.05, 3.63) is 77.2 Å². The number of sulfonamides is 1. The van der Waals surface area contributed by atoms with Gasteiger partial charge in [0.2, 0.25) is 10.0 Å². The van der Waals surface area contributed by atoms with E-state index in [9.17, 15) is 8.42 Å². The van der Waals surface area contributed by atoms with Gasteiger partial charge in [-0.25, -0.2) is 13.1 Å². The summed E-state index contributed by atoms with van der Waals surface area (Å²) in [6.45, 7) is 1.82. The van der Waals surface area contributed by atoms with Crippen molar-refractivity contribution < 1.29 is 8.42 Å². The number of nitrogens with one attached hydrogen (secondary N) is 1. The SMILES string of the molecule is C[C@@H](NS(=O)(=O)/C=C/c1ccccc1)c1ccccc1. The number of hydrogen-bond acceptors (Lipinski definition) is 2. The molecule has 2 rings (SSSR count). The van der Waals surface area contributed by atoms with Crippen molar-refractivity contribution in [2.24, 2.45) is 0 Å². The van der Waals surface area contributed by atoms with Crippen molar-refractivity contribution in [2.45, 2.75) is 13.0 Å². The molecule has 4 heteroatoms. The maximum absolute atomic E-state index is 12.0. The molecule has 0 aromatic heterocycles. The quantitative estimate of drug-likeness (QED) is 0.916. The molecule has 1 atom stereocenters. The maximum Gasteiger partial charge on any atom is 0.234 e. The molecule has 0 unspecified atom stereocenters. The summed E-state index contributed by atoms with van der Waals surface area (Å²) in [5.74, 6) is 0. The first-order valence-corrected chi connectivity index (χ1v) is 7.92. The molecule has 0 saturated carbocycles. The number of rotatable bonds is 5. The second-order valence-electron chi connectivity index (χ2n) is 4.51. The highest BCUT2D eigenvalue weighted by molar-refractivity contribution is 7.92. The van der Waals surface area contributed by atoms with Crippen LogP contribution in [0.5, 0.6) is 0 Å². The Bertz CT molecular complexity index is 664. The van der Waals surface area contributed by atoms with Crippen LogP contribution in [0.25, 0.3) is 6.08 Å². The summed E-state index contributed by atoms with van der Waals surface area (Å²) in [6, 6.07) is 18.5. The van der Waals surface area contributed by atoms with Gasteiger partial charge in [0, 0.05) is 11.4 Å². The van der Waals surface area contributed by atoms with Crippen LogP contribution < -0.4 is 4.72 Å². The summed E-state index contributed by atoms with van der Waals surface area (Å²) in [6.07, 6.45) is 1.58. The van der Waals surface area contributed by atoms with E-state index in [4.69, 9.17) is 0 Å². The molecule has 20 heavy (non-hydrogen) atoms. The molecule has 0 aliphatic carbocycles. The lowest BCUT2D eigenvalue weighted by molar-refractivity contribution is 0.576. The molecule has 104 valence electrons. The topological polar surface area (TPSA) is 46.2 Å². The standard InChI is InChI=1S/C16H17NO2S/c1-14(16-10-6-3-7-11-16)17-20(18,19)13-12-15-8-4-2-5-9-15/h2-14,17H,1H3/b13-12+/t14-/m1/s1. The van der Waals surface area contributed by atoms with E-state index < -0.39 is 10.0 Å². The highest BCUT2D eigenvalue weighted by Gasteiger charge is 2.12. The van der Waals surface area contributed by atoms with Gasteiger partial charge in [-0.1, -0.05) is 60.7 Å². The van der Waals surface area contributed by atoms with Gasteiger partial charge in [-0.3, -0.25) is 0 Å². The van der Waals surface area contributed by atoms with E-state index >= 15 is 0 Å². The molecule has 0 radical (unpaired) electrons. The molecule has 1 N–H and O–H groups in total. The van der Waals surface area contributed by atoms with Gasteiger partial charge in [0.15, 0.2) is 0 Å². The third kappa shape index (κ3) is 4.33. The average molecular weight is 287 g/mol. The molecule has 2 aromatic carbocycles. The van der Waals surface area contributed by atoms with E-state index in [1.807, 2.05) is 67.6 Å². The predicted molar refractivity (Wildman–Crippen MR) is 82.4 cm³/mol. The molecule has 2 aromatic rings. The highest BCUT2D eigenvalue weighted by Crippen LogP contribution is 2.13. The zero-order valence-corrected chi connectivity index (χ0v) is 12.0. The minimum Gasteiger partial charge on any atom is -0.208 e. The Hall–Kier alpha value is -1.91. The molecule has 0 amide bonds. The van der Waals surface area contributed by atoms with Crippen LogP contribution in [0.3, 0.4) is 0 Å². The first-order valence-electron chi connectivity index (χ1n) is 6.37. The van der Waals surface area contributed by atoms with E-state index in [2.05, 4.69) is 4.72 Å². The summed E-state index contributed by atoms with van der Waals surface area (Å²) >= 11 is 0. The summed E-state index contributed by atoms with van der Waals surface area (Å²) in [7, 11) is -3.46. The Morgan fingerprint density at radius 2 is 1.50 bits per heavy atom. The molecule has 0 spiro atoms. The van der Waals surface area contributed by atoms with Gasteiger partial charge in [0.25, 0.3) is 0 Å². The fourth-order valence-electron chi connectivity index (χ4n) is 1.83. The zero-order chi connectivity index (χ0) is 14.4. The Kier molecular flexibility index (Phi) is 4.71. The van der Waals surface area contributed by atoms with Crippen LogP contribution >= 0.6 is 0 Å². The van der Waals surface area contributed by atoms with Crippen LogP contribution in [-0.4, -0.2) is 8.42 Å². The highest BCUT2D eigenvalue weighted by atomic mass is 32.2. The van der Waals surface area contributed by atoms with Crippen molar-refractivity contribution in [3.63, 3.8) is 0 Å². The summed E-state index contributed by atoms with van der Waals surface area (Å²) < 4.78 is 26.6. The molecule has 0 fully saturated rings. The monoisotopic (exact) mass is 287 g/mol. The Labute approximate surface area is 120 Å². The fraction of sp³-hybridized carbons (Fsp3) is 0.125. The summed E-state index contributed by atoms with van der Waals surface area (Å²) in [4.78, 5) is 0. The lowest BCUT2D eigenvalue weighted by Crippen LogP contribution is -2.24. The molecule has 0 bridgehead atoms. The molecular weight excluding hydrogens is 270 g/mol. The van der Waals surface area contributed by atoms with Gasteiger partial charge in [-0.15, -0.1) is 0 Å². The lowest BCUT2D eigenvalue weighted by Gasteiger charge is -2.12. The first-order chi connectivity index (χ1) is 9.57. The smallest absolute Gasteiger partial charge is 0.208 e. The molecular formula is C16H17NO2S. The van der Waals surface area contributed by atoms with Gasteiger partial charge in [0.1, 0.15) is 0 Å². The van der Waals surface area contributed by atoms with Gasteiger partial charge in [-0.2, -0.15) is 0 Å². The van der Waals surface area contributed by atoms with Crippen molar-refractivity contribution >= 4 is 16.1 Å². The molecule has 0 saturated heterocycles. The van der Waals surface area contributed by atoms with Crippen molar-refractivity contribution in [2.75, 3.05) is 0 Å². The fourth-order valence-corrected chi connectivity index (χ4v) is 2.87. The lowest BCUT2D eigenvalue weighted by atomic mass is 10.1. The number of benzene rings is 2. The minimum absolute atomic E-state index is 0.262. The Morgan fingerprint density at radius 3 is 2.10 bits per heavy atom. The normalized spacial score (nSPS) is 13.4. The zero-order valence-electron chi connectivity index (χ0n) is 11.2. The van der Waals surface area contributed by atoms with Gasteiger partial charge in [-0.05, 0) is 24.1 Å². The number of hydrogen-bond donors (Lipinski definition) is 1. The molecule has 0 aliphatic heterocycles. The second kappa shape index (κ2) is 6.50. The maximum atomic E-state index is 12.0. The van der Waals surface area contributed by atoms with Crippen LogP contribution in [0.1, 0.15) is 24.1 Å². The van der Waals surface area contributed by atoms with E-state index in [0.29, 0.717) is 0 Å². The van der Waals surface area contributed by atoms with Crippen LogP contribution in [0.2, 0.25) is 0 Å². The first kappa shape index (κ1) is 14.5. The van der Waals surface area contributed by atoms with E-state index in [-0.39, 0.29) is 6.04 Å². The van der Waals surface area contributed by atoms with Crippen LogP contribution in [0.4, 0.5) is 0 Å². The Balaban J connectivity index is 2.06. The molecule has 3 nitrogen and oxygen atoms in total.